The van der Waals surface area contributed by atoms with E-state index in [0.29, 0.717) is 17.9 Å². The molecule has 1 amide bonds. The highest BCUT2D eigenvalue weighted by atomic mass is 16.6. The monoisotopic (exact) mass is 289 g/mol. The minimum atomic E-state index is -0.640. The number of hydrogen-bond acceptors (Lipinski definition) is 6. The molecule has 0 aliphatic carbocycles. The predicted molar refractivity (Wildman–Crippen MR) is 73.2 cm³/mol. The molecule has 0 fully saturated rings. The third-order valence-electron chi connectivity index (χ3n) is 2.63. The lowest BCUT2D eigenvalue weighted by Crippen LogP contribution is -2.18. The molecule has 0 aliphatic heterocycles. The van der Waals surface area contributed by atoms with Gasteiger partial charge in [0.05, 0.1) is 6.61 Å². The number of aromatic nitrogens is 2. The Bertz CT molecular complexity index is 634. The fraction of sp³-hybridized carbons (Fsp3) is 0.286. The molecule has 0 spiro atoms. The Balaban J connectivity index is 2.08. The summed E-state index contributed by atoms with van der Waals surface area (Å²) in [6.45, 7) is 3.86. The van der Waals surface area contributed by atoms with E-state index in [9.17, 15) is 9.59 Å². The maximum absolute atomic E-state index is 11.4. The molecule has 21 heavy (non-hydrogen) atoms. The number of rotatable bonds is 5. The summed E-state index contributed by atoms with van der Waals surface area (Å²) < 4.78 is 9.63. The first-order valence-corrected chi connectivity index (χ1v) is 6.44. The lowest BCUT2D eigenvalue weighted by atomic mass is 10.1. The summed E-state index contributed by atoms with van der Waals surface area (Å²) in [5.41, 5.74) is 1.66. The zero-order valence-corrected chi connectivity index (χ0v) is 11.8. The van der Waals surface area contributed by atoms with Gasteiger partial charge in [-0.3, -0.25) is 4.79 Å². The second-order valence-corrected chi connectivity index (χ2v) is 4.25. The molecule has 110 valence electrons. The third-order valence-corrected chi connectivity index (χ3v) is 2.63. The summed E-state index contributed by atoms with van der Waals surface area (Å²) in [4.78, 5) is 26.3. The Morgan fingerprint density at radius 3 is 2.62 bits per heavy atom. The quantitative estimate of drug-likeness (QED) is 0.839. The Morgan fingerprint density at radius 1 is 1.29 bits per heavy atom. The SMILES string of the molecule is CCOC(=O)c1nc(-c2ccc(CNC(C)=O)cc2)no1. The van der Waals surface area contributed by atoms with Crippen molar-refractivity contribution in [3.05, 3.63) is 35.7 Å². The summed E-state index contributed by atoms with van der Waals surface area (Å²) in [6.07, 6.45) is 0. The van der Waals surface area contributed by atoms with Gasteiger partial charge in [0, 0.05) is 19.0 Å². The smallest absolute Gasteiger partial charge is 0.397 e. The first-order chi connectivity index (χ1) is 10.1. The van der Waals surface area contributed by atoms with E-state index in [2.05, 4.69) is 15.5 Å². The van der Waals surface area contributed by atoms with Crippen molar-refractivity contribution in [3.63, 3.8) is 0 Å². The minimum absolute atomic E-state index is 0.0867. The average molecular weight is 289 g/mol. The van der Waals surface area contributed by atoms with Crippen molar-refractivity contribution in [1.82, 2.24) is 15.5 Å². The maximum atomic E-state index is 11.4. The van der Waals surface area contributed by atoms with E-state index in [4.69, 9.17) is 9.26 Å². The van der Waals surface area contributed by atoms with Crippen LogP contribution in [0.3, 0.4) is 0 Å². The molecule has 0 aliphatic rings. The van der Waals surface area contributed by atoms with Crippen molar-refractivity contribution in [2.45, 2.75) is 20.4 Å². The van der Waals surface area contributed by atoms with E-state index < -0.39 is 5.97 Å². The number of hydrogen-bond donors (Lipinski definition) is 1. The van der Waals surface area contributed by atoms with Crippen LogP contribution in [0.5, 0.6) is 0 Å². The molecule has 0 saturated carbocycles. The molecule has 1 aromatic carbocycles. The second kappa shape index (κ2) is 6.65. The van der Waals surface area contributed by atoms with E-state index in [1.54, 1.807) is 19.1 Å². The van der Waals surface area contributed by atoms with Crippen LogP contribution in [0.2, 0.25) is 0 Å². The van der Waals surface area contributed by atoms with Crippen LogP contribution in [-0.4, -0.2) is 28.6 Å². The van der Waals surface area contributed by atoms with Gasteiger partial charge in [-0.2, -0.15) is 4.98 Å². The fourth-order valence-corrected chi connectivity index (χ4v) is 1.61. The number of carbonyl (C=O) groups excluding carboxylic acids is 2. The van der Waals surface area contributed by atoms with Gasteiger partial charge in [-0.15, -0.1) is 0 Å². The molecule has 0 bridgehead atoms. The number of amides is 1. The van der Waals surface area contributed by atoms with Crippen molar-refractivity contribution >= 4 is 11.9 Å². The molecular weight excluding hydrogens is 274 g/mol. The van der Waals surface area contributed by atoms with Gasteiger partial charge in [-0.25, -0.2) is 4.79 Å². The first kappa shape index (κ1) is 14.7. The minimum Gasteiger partial charge on any atom is -0.459 e. The fourth-order valence-electron chi connectivity index (χ4n) is 1.61. The Morgan fingerprint density at radius 2 is 2.00 bits per heavy atom. The van der Waals surface area contributed by atoms with Crippen molar-refractivity contribution in [2.75, 3.05) is 6.61 Å². The topological polar surface area (TPSA) is 94.3 Å². The number of esters is 1. The average Bonchev–Trinajstić information content (AvgIpc) is 2.96. The lowest BCUT2D eigenvalue weighted by molar-refractivity contribution is -0.119. The summed E-state index contributed by atoms with van der Waals surface area (Å²) in [6, 6.07) is 7.26. The van der Waals surface area contributed by atoms with Gasteiger partial charge < -0.3 is 14.6 Å². The lowest BCUT2D eigenvalue weighted by Gasteiger charge is -2.02. The van der Waals surface area contributed by atoms with Gasteiger partial charge in [0.15, 0.2) is 0 Å². The zero-order chi connectivity index (χ0) is 15.2. The molecule has 0 atom stereocenters. The Hall–Kier alpha value is -2.70. The van der Waals surface area contributed by atoms with E-state index in [1.807, 2.05) is 12.1 Å². The van der Waals surface area contributed by atoms with E-state index in [1.165, 1.54) is 6.92 Å². The van der Waals surface area contributed by atoms with Crippen LogP contribution in [0.25, 0.3) is 11.4 Å². The standard InChI is InChI=1S/C14H15N3O4/c1-3-20-14(19)13-16-12(17-21-13)11-6-4-10(5-7-11)8-15-9(2)18/h4-7H,3,8H2,1-2H3,(H,15,18). The normalized spacial score (nSPS) is 10.2. The molecule has 1 heterocycles. The first-order valence-electron chi connectivity index (χ1n) is 6.44. The van der Waals surface area contributed by atoms with Crippen molar-refractivity contribution < 1.29 is 18.8 Å². The summed E-state index contributed by atoms with van der Waals surface area (Å²) in [5.74, 6) is -0.590. The third kappa shape index (κ3) is 3.88. The van der Waals surface area contributed by atoms with Crippen LogP contribution in [0.1, 0.15) is 30.1 Å². The molecule has 1 aromatic heterocycles. The highest BCUT2D eigenvalue weighted by Gasteiger charge is 2.16. The molecule has 0 unspecified atom stereocenters. The highest BCUT2D eigenvalue weighted by molar-refractivity contribution is 5.84. The van der Waals surface area contributed by atoms with Gasteiger partial charge in [0.1, 0.15) is 0 Å². The number of nitrogens with zero attached hydrogens (tertiary/aromatic N) is 2. The van der Waals surface area contributed by atoms with Crippen LogP contribution in [0.15, 0.2) is 28.8 Å². The maximum Gasteiger partial charge on any atom is 0.397 e. The molecule has 2 aromatic rings. The van der Waals surface area contributed by atoms with Crippen LogP contribution in [-0.2, 0) is 16.1 Å². The van der Waals surface area contributed by atoms with E-state index in [-0.39, 0.29) is 18.4 Å². The van der Waals surface area contributed by atoms with Gasteiger partial charge in [-0.1, -0.05) is 29.4 Å². The second-order valence-electron chi connectivity index (χ2n) is 4.25. The van der Waals surface area contributed by atoms with Gasteiger partial charge in [-0.05, 0) is 12.5 Å². The molecule has 0 saturated heterocycles. The van der Waals surface area contributed by atoms with E-state index >= 15 is 0 Å². The number of carbonyl (C=O) groups is 2. The summed E-state index contributed by atoms with van der Waals surface area (Å²) >= 11 is 0. The van der Waals surface area contributed by atoms with Crippen LogP contribution in [0, 0.1) is 0 Å². The zero-order valence-electron chi connectivity index (χ0n) is 11.8. The van der Waals surface area contributed by atoms with Gasteiger partial charge in [0.25, 0.3) is 0 Å². The highest BCUT2D eigenvalue weighted by Crippen LogP contribution is 2.17. The Labute approximate surface area is 121 Å². The summed E-state index contributed by atoms with van der Waals surface area (Å²) in [7, 11) is 0. The van der Waals surface area contributed by atoms with Crippen molar-refractivity contribution in [1.29, 1.82) is 0 Å². The van der Waals surface area contributed by atoms with Crippen LogP contribution < -0.4 is 5.32 Å². The molecule has 1 N–H and O–H groups in total. The molecule has 7 heteroatoms. The number of nitrogens with one attached hydrogen (secondary N) is 1. The van der Waals surface area contributed by atoms with Gasteiger partial charge in [0.2, 0.25) is 11.7 Å². The Kier molecular flexibility index (Phi) is 4.65. The van der Waals surface area contributed by atoms with Crippen molar-refractivity contribution in [2.24, 2.45) is 0 Å². The summed E-state index contributed by atoms with van der Waals surface area (Å²) in [5, 5.41) is 6.44. The molecule has 2 rings (SSSR count). The van der Waals surface area contributed by atoms with Crippen molar-refractivity contribution in [3.8, 4) is 11.4 Å². The van der Waals surface area contributed by atoms with Gasteiger partial charge >= 0.3 is 11.9 Å². The van der Waals surface area contributed by atoms with E-state index in [0.717, 1.165) is 5.56 Å². The van der Waals surface area contributed by atoms with Crippen LogP contribution >= 0.6 is 0 Å². The number of ether oxygens (including phenoxy) is 1. The van der Waals surface area contributed by atoms with Crippen LogP contribution in [0.4, 0.5) is 0 Å². The molecular formula is C14H15N3O4. The number of benzene rings is 1. The largest absolute Gasteiger partial charge is 0.459 e. The molecule has 7 nitrogen and oxygen atoms in total. The molecule has 0 radical (unpaired) electrons. The predicted octanol–water partition coefficient (Wildman–Crippen LogP) is 1.55.